The van der Waals surface area contributed by atoms with Gasteiger partial charge in [0.25, 0.3) is 0 Å². The Kier molecular flexibility index (Phi) is 4.06. The molecule has 16 heavy (non-hydrogen) atoms. The van der Waals surface area contributed by atoms with Crippen molar-refractivity contribution in [3.8, 4) is 0 Å². The summed E-state index contributed by atoms with van der Waals surface area (Å²) in [4.78, 5) is 15.7. The Morgan fingerprint density at radius 1 is 1.62 bits per heavy atom. The van der Waals surface area contributed by atoms with E-state index in [9.17, 15) is 4.79 Å². The van der Waals surface area contributed by atoms with Gasteiger partial charge in [-0.25, -0.2) is 4.98 Å². The molecule has 0 unspecified atom stereocenters. The lowest BCUT2D eigenvalue weighted by atomic mass is 10.1. The van der Waals surface area contributed by atoms with E-state index in [1.165, 1.54) is 7.11 Å². The number of carbonyl (C=O) groups excluding carboxylic acids is 1. The number of nitrogens with one attached hydrogen (secondary N) is 1. The zero-order chi connectivity index (χ0) is 12.2. The first-order valence-electron chi connectivity index (χ1n) is 5.34. The van der Waals surface area contributed by atoms with E-state index in [1.54, 1.807) is 20.0 Å². The zero-order valence-corrected chi connectivity index (χ0v) is 10.3. The number of carbonyl (C=O) groups is 1. The first kappa shape index (κ1) is 12.7. The minimum atomic E-state index is -0.695. The third kappa shape index (κ3) is 2.82. The van der Waals surface area contributed by atoms with E-state index >= 15 is 0 Å². The van der Waals surface area contributed by atoms with Gasteiger partial charge in [-0.15, -0.1) is 0 Å². The second kappa shape index (κ2) is 5.12. The maximum atomic E-state index is 11.4. The molecule has 1 N–H and O–H groups in total. The molecule has 0 saturated carbocycles. The first-order valence-corrected chi connectivity index (χ1v) is 5.34. The normalized spacial score (nSPS) is 11.5. The molecule has 5 nitrogen and oxygen atoms in total. The molecule has 1 aromatic rings. The van der Waals surface area contributed by atoms with Crippen LogP contribution in [0.2, 0.25) is 0 Å². The summed E-state index contributed by atoms with van der Waals surface area (Å²) in [6, 6.07) is 0. The molecule has 0 saturated heterocycles. The zero-order valence-electron chi connectivity index (χ0n) is 10.3. The van der Waals surface area contributed by atoms with Crippen molar-refractivity contribution in [2.75, 3.05) is 7.11 Å². The highest BCUT2D eigenvalue weighted by molar-refractivity contribution is 5.79. The molecule has 0 radical (unpaired) electrons. The van der Waals surface area contributed by atoms with Crippen LogP contribution in [0.4, 0.5) is 0 Å². The third-order valence-electron chi connectivity index (χ3n) is 2.53. The predicted octanol–water partition coefficient (Wildman–Crippen LogP) is 0.944. The number of hydrogen-bond acceptors (Lipinski definition) is 4. The summed E-state index contributed by atoms with van der Waals surface area (Å²) in [6.07, 6.45) is 3.67. The van der Waals surface area contributed by atoms with Crippen molar-refractivity contribution < 1.29 is 9.53 Å². The average Bonchev–Trinajstić information content (AvgIpc) is 2.72. The number of methoxy groups -OCH3 is 1. The highest BCUT2D eigenvalue weighted by atomic mass is 16.5. The van der Waals surface area contributed by atoms with Crippen LogP contribution >= 0.6 is 0 Å². The molecule has 0 aromatic carbocycles. The van der Waals surface area contributed by atoms with Crippen LogP contribution in [-0.2, 0) is 22.6 Å². The molecule has 5 heteroatoms. The van der Waals surface area contributed by atoms with Gasteiger partial charge in [0.05, 0.1) is 13.7 Å². The largest absolute Gasteiger partial charge is 0.468 e. The van der Waals surface area contributed by atoms with Gasteiger partial charge in [-0.05, 0) is 20.8 Å². The van der Waals surface area contributed by atoms with E-state index in [4.69, 9.17) is 4.74 Å². The fraction of sp³-hybridized carbons (Fsp3) is 0.636. The lowest BCUT2D eigenvalue weighted by molar-refractivity contribution is -0.147. The van der Waals surface area contributed by atoms with Gasteiger partial charge in [0, 0.05) is 18.9 Å². The Morgan fingerprint density at radius 3 is 2.88 bits per heavy atom. The highest BCUT2D eigenvalue weighted by Crippen LogP contribution is 2.06. The van der Waals surface area contributed by atoms with E-state index in [2.05, 4.69) is 17.2 Å². The SMILES string of the molecule is CCn1ccnc1CNC(C)(C)C(=O)OC. The lowest BCUT2D eigenvalue weighted by Gasteiger charge is -2.23. The van der Waals surface area contributed by atoms with Gasteiger partial charge in [0.2, 0.25) is 0 Å². The van der Waals surface area contributed by atoms with Crippen LogP contribution < -0.4 is 5.32 Å². The summed E-state index contributed by atoms with van der Waals surface area (Å²) in [5.41, 5.74) is -0.695. The number of rotatable bonds is 5. The van der Waals surface area contributed by atoms with E-state index in [0.717, 1.165) is 12.4 Å². The number of imidazole rings is 1. The number of hydrogen-bond donors (Lipinski definition) is 1. The maximum absolute atomic E-state index is 11.4. The second-order valence-corrected chi connectivity index (χ2v) is 4.10. The Morgan fingerprint density at radius 2 is 2.31 bits per heavy atom. The fourth-order valence-corrected chi connectivity index (χ4v) is 1.42. The lowest BCUT2D eigenvalue weighted by Crippen LogP contribution is -2.47. The van der Waals surface area contributed by atoms with Gasteiger partial charge in [-0.3, -0.25) is 10.1 Å². The molecule has 1 heterocycles. The summed E-state index contributed by atoms with van der Waals surface area (Å²) < 4.78 is 6.74. The molecule has 0 amide bonds. The predicted molar refractivity (Wildman–Crippen MR) is 60.8 cm³/mol. The summed E-state index contributed by atoms with van der Waals surface area (Å²) >= 11 is 0. The van der Waals surface area contributed by atoms with Crippen molar-refractivity contribution in [3.05, 3.63) is 18.2 Å². The number of nitrogens with zero attached hydrogens (tertiary/aromatic N) is 2. The minimum Gasteiger partial charge on any atom is -0.468 e. The van der Waals surface area contributed by atoms with Crippen LogP contribution in [-0.4, -0.2) is 28.2 Å². The smallest absolute Gasteiger partial charge is 0.325 e. The van der Waals surface area contributed by atoms with Crippen LogP contribution in [0, 0.1) is 0 Å². The van der Waals surface area contributed by atoms with Crippen molar-refractivity contribution in [3.63, 3.8) is 0 Å². The highest BCUT2D eigenvalue weighted by Gasteiger charge is 2.28. The number of aryl methyl sites for hydroxylation is 1. The average molecular weight is 225 g/mol. The van der Waals surface area contributed by atoms with Crippen LogP contribution in [0.15, 0.2) is 12.4 Å². The Balaban J connectivity index is 2.60. The molecular formula is C11H19N3O2. The van der Waals surface area contributed by atoms with E-state index in [0.29, 0.717) is 6.54 Å². The molecule has 0 aliphatic carbocycles. The Labute approximate surface area is 95.8 Å². The van der Waals surface area contributed by atoms with Crippen LogP contribution in [0.25, 0.3) is 0 Å². The minimum absolute atomic E-state index is 0.276. The van der Waals surface area contributed by atoms with Gasteiger partial charge in [-0.1, -0.05) is 0 Å². The van der Waals surface area contributed by atoms with Gasteiger partial charge in [0.1, 0.15) is 11.4 Å². The summed E-state index contributed by atoms with van der Waals surface area (Å²) in [7, 11) is 1.39. The van der Waals surface area contributed by atoms with Gasteiger partial charge in [0.15, 0.2) is 0 Å². The number of aromatic nitrogens is 2. The monoisotopic (exact) mass is 225 g/mol. The van der Waals surface area contributed by atoms with Crippen molar-refractivity contribution in [2.24, 2.45) is 0 Å². The third-order valence-corrected chi connectivity index (χ3v) is 2.53. The quantitative estimate of drug-likeness (QED) is 0.758. The van der Waals surface area contributed by atoms with Crippen molar-refractivity contribution in [1.82, 2.24) is 14.9 Å². The maximum Gasteiger partial charge on any atom is 0.325 e. The Bertz CT molecular complexity index is 358. The molecule has 0 atom stereocenters. The van der Waals surface area contributed by atoms with Gasteiger partial charge < -0.3 is 9.30 Å². The molecule has 0 aliphatic rings. The summed E-state index contributed by atoms with van der Waals surface area (Å²) in [5.74, 6) is 0.640. The molecule has 1 aromatic heterocycles. The molecule has 0 fully saturated rings. The van der Waals surface area contributed by atoms with Crippen LogP contribution in [0.1, 0.15) is 26.6 Å². The molecule has 0 spiro atoms. The topological polar surface area (TPSA) is 56.2 Å². The van der Waals surface area contributed by atoms with Crippen LogP contribution in [0.5, 0.6) is 0 Å². The van der Waals surface area contributed by atoms with Gasteiger partial charge >= 0.3 is 5.97 Å². The molecule has 0 bridgehead atoms. The first-order chi connectivity index (χ1) is 7.51. The standard InChI is InChI=1S/C11H19N3O2/c1-5-14-7-6-12-9(14)8-13-11(2,3)10(15)16-4/h6-7,13H,5,8H2,1-4H3. The second-order valence-electron chi connectivity index (χ2n) is 4.10. The van der Waals surface area contributed by atoms with Gasteiger partial charge in [-0.2, -0.15) is 0 Å². The molecular weight excluding hydrogens is 206 g/mol. The fourth-order valence-electron chi connectivity index (χ4n) is 1.42. The number of esters is 1. The van der Waals surface area contributed by atoms with E-state index in [-0.39, 0.29) is 5.97 Å². The van der Waals surface area contributed by atoms with E-state index in [1.807, 2.05) is 10.8 Å². The van der Waals surface area contributed by atoms with Crippen LogP contribution in [0.3, 0.4) is 0 Å². The van der Waals surface area contributed by atoms with Crippen molar-refractivity contribution >= 4 is 5.97 Å². The van der Waals surface area contributed by atoms with Crippen molar-refractivity contribution in [1.29, 1.82) is 0 Å². The van der Waals surface area contributed by atoms with E-state index < -0.39 is 5.54 Å². The number of ether oxygens (including phenoxy) is 1. The van der Waals surface area contributed by atoms with Crippen molar-refractivity contribution in [2.45, 2.75) is 39.4 Å². The molecule has 1 rings (SSSR count). The summed E-state index contributed by atoms with van der Waals surface area (Å²) in [6.45, 7) is 7.05. The molecule has 0 aliphatic heterocycles. The Hall–Kier alpha value is -1.36. The molecule has 90 valence electrons. The summed E-state index contributed by atoms with van der Waals surface area (Å²) in [5, 5.41) is 3.13.